The summed E-state index contributed by atoms with van der Waals surface area (Å²) < 4.78 is 5.79. The van der Waals surface area contributed by atoms with Crippen LogP contribution in [0.3, 0.4) is 0 Å². The summed E-state index contributed by atoms with van der Waals surface area (Å²) in [5, 5.41) is 0. The zero-order valence-corrected chi connectivity index (χ0v) is 10.5. The summed E-state index contributed by atoms with van der Waals surface area (Å²) >= 11 is 3.20. The predicted octanol–water partition coefficient (Wildman–Crippen LogP) is 3.05. The molecule has 0 bridgehead atoms. The van der Waals surface area contributed by atoms with Crippen molar-refractivity contribution < 1.29 is 9.53 Å². The molecule has 0 fully saturated rings. The van der Waals surface area contributed by atoms with Crippen LogP contribution in [0, 0.1) is 5.92 Å². The minimum absolute atomic E-state index is 0.310. The summed E-state index contributed by atoms with van der Waals surface area (Å²) in [5.74, 6) is 0.233. The minimum Gasteiger partial charge on any atom is -0.462 e. The first-order valence-electron chi connectivity index (χ1n) is 4.88. The molecule has 1 aromatic heterocycles. The van der Waals surface area contributed by atoms with Crippen LogP contribution in [0.4, 0.5) is 0 Å². The maximum absolute atomic E-state index is 11.5. The molecule has 1 rings (SSSR count). The molecule has 0 N–H and O–H groups in total. The van der Waals surface area contributed by atoms with Crippen molar-refractivity contribution in [1.82, 2.24) is 4.98 Å². The first-order valence-corrected chi connectivity index (χ1v) is 5.67. The lowest BCUT2D eigenvalue weighted by molar-refractivity contribution is 0.0487. The molecule has 3 nitrogen and oxygen atoms in total. The van der Waals surface area contributed by atoms with E-state index in [0.717, 1.165) is 6.42 Å². The van der Waals surface area contributed by atoms with Crippen molar-refractivity contribution in [2.24, 2.45) is 5.92 Å². The van der Waals surface area contributed by atoms with Crippen molar-refractivity contribution in [3.63, 3.8) is 0 Å². The van der Waals surface area contributed by atoms with Crippen LogP contribution in [0.1, 0.15) is 30.6 Å². The number of hydrogen-bond acceptors (Lipinski definition) is 3. The molecule has 0 saturated heterocycles. The SMILES string of the molecule is CC(C)CCOC(=O)c1ccc(Br)nc1. The van der Waals surface area contributed by atoms with E-state index in [9.17, 15) is 4.79 Å². The maximum Gasteiger partial charge on any atom is 0.339 e. The van der Waals surface area contributed by atoms with Crippen molar-refractivity contribution in [2.45, 2.75) is 20.3 Å². The number of nitrogens with zero attached hydrogens (tertiary/aromatic N) is 1. The van der Waals surface area contributed by atoms with Crippen LogP contribution in [0.2, 0.25) is 0 Å². The second kappa shape index (κ2) is 5.85. The highest BCUT2D eigenvalue weighted by atomic mass is 79.9. The molecular weight excluding hydrogens is 258 g/mol. The number of aromatic nitrogens is 1. The number of halogens is 1. The Balaban J connectivity index is 2.43. The second-order valence-corrected chi connectivity index (χ2v) is 4.50. The van der Waals surface area contributed by atoms with Gasteiger partial charge in [-0.15, -0.1) is 0 Å². The monoisotopic (exact) mass is 271 g/mol. The molecule has 1 aromatic rings. The quantitative estimate of drug-likeness (QED) is 0.624. The summed E-state index contributed by atoms with van der Waals surface area (Å²) in [6, 6.07) is 3.41. The van der Waals surface area contributed by atoms with E-state index in [2.05, 4.69) is 34.8 Å². The Morgan fingerprint density at radius 1 is 1.53 bits per heavy atom. The zero-order valence-electron chi connectivity index (χ0n) is 8.87. The van der Waals surface area contributed by atoms with E-state index < -0.39 is 0 Å². The lowest BCUT2D eigenvalue weighted by Crippen LogP contribution is -2.08. The maximum atomic E-state index is 11.5. The molecule has 0 spiro atoms. The average Bonchev–Trinajstić information content (AvgIpc) is 2.18. The van der Waals surface area contributed by atoms with Gasteiger partial charge in [-0.1, -0.05) is 13.8 Å². The van der Waals surface area contributed by atoms with Crippen molar-refractivity contribution in [2.75, 3.05) is 6.61 Å². The fourth-order valence-electron chi connectivity index (χ4n) is 0.967. The summed E-state index contributed by atoms with van der Waals surface area (Å²) in [7, 11) is 0. The van der Waals surface area contributed by atoms with E-state index in [1.807, 2.05) is 0 Å². The number of ether oxygens (including phenoxy) is 1. The van der Waals surface area contributed by atoms with Gasteiger partial charge in [0.15, 0.2) is 0 Å². The number of carbonyl (C=O) groups excluding carboxylic acids is 1. The van der Waals surface area contributed by atoms with E-state index in [0.29, 0.717) is 22.7 Å². The van der Waals surface area contributed by atoms with Crippen molar-refractivity contribution >= 4 is 21.9 Å². The molecule has 0 atom stereocenters. The van der Waals surface area contributed by atoms with Gasteiger partial charge < -0.3 is 4.74 Å². The molecule has 15 heavy (non-hydrogen) atoms. The van der Waals surface area contributed by atoms with Crippen LogP contribution in [-0.2, 0) is 4.74 Å². The van der Waals surface area contributed by atoms with Gasteiger partial charge in [0.05, 0.1) is 12.2 Å². The number of esters is 1. The van der Waals surface area contributed by atoms with Gasteiger partial charge in [-0.25, -0.2) is 9.78 Å². The van der Waals surface area contributed by atoms with E-state index in [1.54, 1.807) is 12.1 Å². The molecule has 0 aliphatic carbocycles. The van der Waals surface area contributed by atoms with Gasteiger partial charge in [0.2, 0.25) is 0 Å². The van der Waals surface area contributed by atoms with Gasteiger partial charge in [-0.3, -0.25) is 0 Å². The van der Waals surface area contributed by atoms with Crippen molar-refractivity contribution in [1.29, 1.82) is 0 Å². The zero-order chi connectivity index (χ0) is 11.3. The molecule has 1 heterocycles. The fraction of sp³-hybridized carbons (Fsp3) is 0.455. The van der Waals surface area contributed by atoms with Gasteiger partial charge in [0, 0.05) is 6.20 Å². The molecule has 0 aliphatic rings. The van der Waals surface area contributed by atoms with E-state index in [-0.39, 0.29) is 5.97 Å². The Labute approximate surface area is 98.0 Å². The minimum atomic E-state index is -0.310. The molecule has 0 saturated carbocycles. The molecular formula is C11H14BrNO2. The van der Waals surface area contributed by atoms with Crippen molar-refractivity contribution in [3.05, 3.63) is 28.5 Å². The van der Waals surface area contributed by atoms with Crippen LogP contribution < -0.4 is 0 Å². The van der Waals surface area contributed by atoms with Gasteiger partial charge >= 0.3 is 5.97 Å². The largest absolute Gasteiger partial charge is 0.462 e. The lowest BCUT2D eigenvalue weighted by Gasteiger charge is -2.06. The number of rotatable bonds is 4. The van der Waals surface area contributed by atoms with Crippen LogP contribution in [0.25, 0.3) is 0 Å². The summed E-state index contributed by atoms with van der Waals surface area (Å²) in [5.41, 5.74) is 0.488. The highest BCUT2D eigenvalue weighted by molar-refractivity contribution is 9.10. The number of hydrogen-bond donors (Lipinski definition) is 0. The summed E-state index contributed by atoms with van der Waals surface area (Å²) in [6.45, 7) is 4.65. The van der Waals surface area contributed by atoms with Crippen LogP contribution >= 0.6 is 15.9 Å². The molecule has 0 unspecified atom stereocenters. The van der Waals surface area contributed by atoms with Crippen molar-refractivity contribution in [3.8, 4) is 0 Å². The third kappa shape index (κ3) is 4.42. The average molecular weight is 272 g/mol. The fourth-order valence-corrected chi connectivity index (χ4v) is 1.20. The number of pyridine rings is 1. The lowest BCUT2D eigenvalue weighted by atomic mass is 10.1. The Bertz CT molecular complexity index is 322. The molecule has 0 aliphatic heterocycles. The molecule has 0 radical (unpaired) electrons. The van der Waals surface area contributed by atoms with Crippen LogP contribution in [0.5, 0.6) is 0 Å². The third-order valence-electron chi connectivity index (χ3n) is 1.89. The Morgan fingerprint density at radius 3 is 2.80 bits per heavy atom. The molecule has 0 amide bonds. The Hall–Kier alpha value is -0.900. The van der Waals surface area contributed by atoms with Crippen LogP contribution in [-0.4, -0.2) is 17.6 Å². The smallest absolute Gasteiger partial charge is 0.339 e. The molecule has 82 valence electrons. The second-order valence-electron chi connectivity index (χ2n) is 3.69. The van der Waals surface area contributed by atoms with Gasteiger partial charge in [0.1, 0.15) is 4.60 Å². The standard InChI is InChI=1S/C11H14BrNO2/c1-8(2)5-6-15-11(14)9-3-4-10(12)13-7-9/h3-4,7-8H,5-6H2,1-2H3. The third-order valence-corrected chi connectivity index (χ3v) is 2.36. The highest BCUT2D eigenvalue weighted by Crippen LogP contribution is 2.08. The first-order chi connectivity index (χ1) is 7.09. The van der Waals surface area contributed by atoms with E-state index in [1.165, 1.54) is 6.20 Å². The molecule has 0 aromatic carbocycles. The summed E-state index contributed by atoms with van der Waals surface area (Å²) in [4.78, 5) is 15.4. The molecule has 4 heteroatoms. The van der Waals surface area contributed by atoms with E-state index in [4.69, 9.17) is 4.74 Å². The van der Waals surface area contributed by atoms with Gasteiger partial charge in [-0.05, 0) is 40.4 Å². The normalized spacial score (nSPS) is 10.4. The number of carbonyl (C=O) groups is 1. The topological polar surface area (TPSA) is 39.2 Å². The Morgan fingerprint density at radius 2 is 2.27 bits per heavy atom. The summed E-state index contributed by atoms with van der Waals surface area (Å²) in [6.07, 6.45) is 2.39. The van der Waals surface area contributed by atoms with E-state index >= 15 is 0 Å². The highest BCUT2D eigenvalue weighted by Gasteiger charge is 2.07. The van der Waals surface area contributed by atoms with Gasteiger partial charge in [-0.2, -0.15) is 0 Å². The first kappa shape index (κ1) is 12.2. The van der Waals surface area contributed by atoms with Gasteiger partial charge in [0.25, 0.3) is 0 Å². The predicted molar refractivity (Wildman–Crippen MR) is 61.7 cm³/mol. The Kier molecular flexibility index (Phi) is 4.75. The van der Waals surface area contributed by atoms with Crippen LogP contribution in [0.15, 0.2) is 22.9 Å².